The third kappa shape index (κ3) is 4.40. The summed E-state index contributed by atoms with van der Waals surface area (Å²) in [5.74, 6) is -0.0940. The normalized spacial score (nSPS) is 15.0. The first-order valence-corrected chi connectivity index (χ1v) is 9.79. The summed E-state index contributed by atoms with van der Waals surface area (Å²) in [4.78, 5) is 18.8. The Morgan fingerprint density at radius 1 is 0.929 bits per heavy atom. The van der Waals surface area contributed by atoms with E-state index < -0.39 is 0 Å². The highest BCUT2D eigenvalue weighted by Crippen LogP contribution is 2.19. The molecular formula is C21H22ClN5O. The fraction of sp³-hybridized carbons (Fsp3) is 0.286. The first-order chi connectivity index (χ1) is 13.7. The van der Waals surface area contributed by atoms with Crippen LogP contribution in [0.3, 0.4) is 0 Å². The molecule has 0 spiro atoms. The van der Waals surface area contributed by atoms with Gasteiger partial charge in [0.15, 0.2) is 5.69 Å². The third-order valence-electron chi connectivity index (χ3n) is 4.99. The van der Waals surface area contributed by atoms with Gasteiger partial charge in [-0.15, -0.1) is 5.10 Å². The molecule has 0 bridgehead atoms. The molecule has 0 amide bonds. The lowest BCUT2D eigenvalue weighted by Crippen LogP contribution is -2.47. The van der Waals surface area contributed by atoms with Crippen molar-refractivity contribution in [3.8, 4) is 0 Å². The van der Waals surface area contributed by atoms with Gasteiger partial charge in [0.05, 0.1) is 12.7 Å². The van der Waals surface area contributed by atoms with Gasteiger partial charge in [0.2, 0.25) is 5.78 Å². The van der Waals surface area contributed by atoms with Gasteiger partial charge >= 0.3 is 0 Å². The lowest BCUT2D eigenvalue weighted by atomic mass is 10.1. The molecule has 144 valence electrons. The molecule has 6 nitrogen and oxygen atoms in total. The lowest BCUT2D eigenvalue weighted by molar-refractivity contribution is 0.103. The largest absolute Gasteiger partial charge is 0.369 e. The highest BCUT2D eigenvalue weighted by atomic mass is 35.5. The Bertz CT molecular complexity index is 917. The zero-order valence-electron chi connectivity index (χ0n) is 15.5. The Morgan fingerprint density at radius 2 is 1.64 bits per heavy atom. The summed E-state index contributed by atoms with van der Waals surface area (Å²) in [6.07, 6.45) is 1.55. The number of rotatable bonds is 6. The van der Waals surface area contributed by atoms with Gasteiger partial charge in [0.1, 0.15) is 0 Å². The Hall–Kier alpha value is -2.70. The molecule has 2 heterocycles. The van der Waals surface area contributed by atoms with Crippen LogP contribution in [0.5, 0.6) is 0 Å². The van der Waals surface area contributed by atoms with E-state index in [1.165, 1.54) is 5.69 Å². The first kappa shape index (κ1) is 18.7. The standard InChI is InChI=1S/C21H22ClN5O/c22-18-6-8-19(9-7-18)26-13-10-25(11-14-26)12-15-27-23-16-20(24-27)21(28)17-4-2-1-3-5-17/h1-9,16H,10-15H2. The number of hydrogen-bond donors (Lipinski definition) is 0. The number of nitrogens with zero attached hydrogens (tertiary/aromatic N) is 5. The number of carbonyl (C=O) groups is 1. The van der Waals surface area contributed by atoms with E-state index in [4.69, 9.17) is 11.6 Å². The van der Waals surface area contributed by atoms with E-state index in [1.807, 2.05) is 30.3 Å². The monoisotopic (exact) mass is 395 g/mol. The van der Waals surface area contributed by atoms with Crippen molar-refractivity contribution < 1.29 is 4.79 Å². The summed E-state index contributed by atoms with van der Waals surface area (Å²) in [5.41, 5.74) is 2.23. The Balaban J connectivity index is 1.27. The fourth-order valence-corrected chi connectivity index (χ4v) is 3.48. The van der Waals surface area contributed by atoms with Gasteiger partial charge in [0.25, 0.3) is 0 Å². The molecule has 0 radical (unpaired) electrons. The molecule has 0 aliphatic carbocycles. The molecule has 1 aliphatic heterocycles. The van der Waals surface area contributed by atoms with Crippen LogP contribution >= 0.6 is 11.6 Å². The molecule has 3 aromatic rings. The van der Waals surface area contributed by atoms with Crippen LogP contribution in [0.2, 0.25) is 5.02 Å². The predicted octanol–water partition coefficient (Wildman–Crippen LogP) is 2.98. The van der Waals surface area contributed by atoms with Crippen LogP contribution in [0.1, 0.15) is 16.1 Å². The van der Waals surface area contributed by atoms with Crippen molar-refractivity contribution in [2.24, 2.45) is 0 Å². The molecule has 0 N–H and O–H groups in total. The first-order valence-electron chi connectivity index (χ1n) is 9.42. The zero-order chi connectivity index (χ0) is 19.3. The molecule has 1 aromatic heterocycles. The SMILES string of the molecule is O=C(c1ccccc1)c1cnn(CCN2CCN(c3ccc(Cl)cc3)CC2)n1. The van der Waals surface area contributed by atoms with Crippen LogP contribution < -0.4 is 4.90 Å². The maximum atomic E-state index is 12.4. The Morgan fingerprint density at radius 3 is 2.36 bits per heavy atom. The molecule has 1 saturated heterocycles. The second-order valence-corrected chi connectivity index (χ2v) is 7.26. The van der Waals surface area contributed by atoms with E-state index in [0.29, 0.717) is 17.8 Å². The van der Waals surface area contributed by atoms with Crippen LogP contribution in [-0.4, -0.2) is 58.4 Å². The Labute approximate surface area is 169 Å². The van der Waals surface area contributed by atoms with Crippen LogP contribution in [0.25, 0.3) is 0 Å². The average molecular weight is 396 g/mol. The average Bonchev–Trinajstić information content (AvgIpc) is 3.22. The maximum Gasteiger partial charge on any atom is 0.214 e. The highest BCUT2D eigenvalue weighted by molar-refractivity contribution is 6.30. The van der Waals surface area contributed by atoms with Crippen molar-refractivity contribution >= 4 is 23.1 Å². The molecule has 28 heavy (non-hydrogen) atoms. The number of hydrogen-bond acceptors (Lipinski definition) is 5. The van der Waals surface area contributed by atoms with Gasteiger partial charge in [-0.1, -0.05) is 41.9 Å². The van der Waals surface area contributed by atoms with Gasteiger partial charge in [0, 0.05) is 49.0 Å². The summed E-state index contributed by atoms with van der Waals surface area (Å²) in [6, 6.07) is 17.2. The fourth-order valence-electron chi connectivity index (χ4n) is 3.36. The molecule has 2 aromatic carbocycles. The molecule has 0 unspecified atom stereocenters. The van der Waals surface area contributed by atoms with Gasteiger partial charge in [-0.05, 0) is 24.3 Å². The molecule has 0 saturated carbocycles. The van der Waals surface area contributed by atoms with E-state index >= 15 is 0 Å². The quantitative estimate of drug-likeness (QED) is 0.600. The van der Waals surface area contributed by atoms with Gasteiger partial charge in [-0.25, -0.2) is 0 Å². The van der Waals surface area contributed by atoms with Gasteiger partial charge in [-0.3, -0.25) is 9.69 Å². The number of aromatic nitrogens is 3. The van der Waals surface area contributed by atoms with Crippen LogP contribution in [0.15, 0.2) is 60.8 Å². The van der Waals surface area contributed by atoms with Crippen molar-refractivity contribution in [3.63, 3.8) is 0 Å². The third-order valence-corrected chi connectivity index (χ3v) is 5.24. The van der Waals surface area contributed by atoms with E-state index in [1.54, 1.807) is 23.1 Å². The minimum absolute atomic E-state index is 0.0940. The maximum absolute atomic E-state index is 12.4. The summed E-state index contributed by atoms with van der Waals surface area (Å²) in [7, 11) is 0. The van der Waals surface area contributed by atoms with E-state index in [0.717, 1.165) is 37.7 Å². The molecule has 1 fully saturated rings. The van der Waals surface area contributed by atoms with E-state index in [9.17, 15) is 4.79 Å². The van der Waals surface area contributed by atoms with E-state index in [-0.39, 0.29) is 5.78 Å². The molecule has 0 atom stereocenters. The number of ketones is 1. The van der Waals surface area contributed by atoms with Gasteiger partial charge < -0.3 is 4.90 Å². The summed E-state index contributed by atoms with van der Waals surface area (Å²) < 4.78 is 0. The van der Waals surface area contributed by atoms with E-state index in [2.05, 4.69) is 32.1 Å². The highest BCUT2D eigenvalue weighted by Gasteiger charge is 2.18. The lowest BCUT2D eigenvalue weighted by Gasteiger charge is -2.36. The number of anilines is 1. The zero-order valence-corrected chi connectivity index (χ0v) is 16.3. The number of halogens is 1. The van der Waals surface area contributed by atoms with Crippen LogP contribution in [-0.2, 0) is 6.54 Å². The Kier molecular flexibility index (Phi) is 5.69. The second kappa shape index (κ2) is 8.54. The number of piperazine rings is 1. The topological polar surface area (TPSA) is 54.3 Å². The van der Waals surface area contributed by atoms with Crippen molar-refractivity contribution in [2.45, 2.75) is 6.54 Å². The van der Waals surface area contributed by atoms with Crippen LogP contribution in [0, 0.1) is 0 Å². The van der Waals surface area contributed by atoms with Crippen LogP contribution in [0.4, 0.5) is 5.69 Å². The summed E-state index contributed by atoms with van der Waals surface area (Å²) in [5, 5.41) is 9.36. The van der Waals surface area contributed by atoms with Crippen molar-refractivity contribution in [3.05, 3.63) is 77.1 Å². The molecule has 4 rings (SSSR count). The van der Waals surface area contributed by atoms with Crippen molar-refractivity contribution in [1.82, 2.24) is 19.9 Å². The number of benzene rings is 2. The number of carbonyl (C=O) groups excluding carboxylic acids is 1. The molecule has 7 heteroatoms. The van der Waals surface area contributed by atoms with Gasteiger partial charge in [-0.2, -0.15) is 9.90 Å². The molecular weight excluding hydrogens is 374 g/mol. The summed E-state index contributed by atoms with van der Waals surface area (Å²) >= 11 is 5.97. The summed E-state index contributed by atoms with van der Waals surface area (Å²) in [6.45, 7) is 5.46. The predicted molar refractivity (Wildman–Crippen MR) is 110 cm³/mol. The van der Waals surface area contributed by atoms with Crippen molar-refractivity contribution in [1.29, 1.82) is 0 Å². The minimum Gasteiger partial charge on any atom is -0.369 e. The van der Waals surface area contributed by atoms with Crippen molar-refractivity contribution in [2.75, 3.05) is 37.6 Å². The second-order valence-electron chi connectivity index (χ2n) is 6.83. The molecule has 1 aliphatic rings. The minimum atomic E-state index is -0.0940. The smallest absolute Gasteiger partial charge is 0.214 e.